The number of allylic oxidation sites excluding steroid dienone is 1. The first-order valence-electron chi connectivity index (χ1n) is 25.6. The zero-order valence-electron chi connectivity index (χ0n) is 40.8. The van der Waals surface area contributed by atoms with Gasteiger partial charge in [0.2, 0.25) is 17.7 Å². The number of amides is 4. The number of ether oxygens (including phenoxy) is 3. The van der Waals surface area contributed by atoms with E-state index in [0.717, 1.165) is 62.7 Å². The number of carbonyl (C=O) groups is 6. The first-order valence-corrected chi connectivity index (χ1v) is 26.6. The van der Waals surface area contributed by atoms with E-state index in [1.54, 1.807) is 13.0 Å². The van der Waals surface area contributed by atoms with E-state index in [2.05, 4.69) is 21.3 Å². The van der Waals surface area contributed by atoms with Crippen molar-refractivity contribution in [1.29, 1.82) is 0 Å². The van der Waals surface area contributed by atoms with E-state index in [1.165, 1.54) is 13.0 Å². The Morgan fingerprint density at radius 2 is 1.54 bits per heavy atom. The summed E-state index contributed by atoms with van der Waals surface area (Å²) in [6.45, 7) is 10.2. The largest absolute Gasteiger partial charge is 0.455 e. The van der Waals surface area contributed by atoms with Crippen LogP contribution in [0.25, 0.3) is 0 Å². The zero-order chi connectivity index (χ0) is 48.9. The third kappa shape index (κ3) is 8.73. The van der Waals surface area contributed by atoms with Gasteiger partial charge in [0.05, 0.1) is 17.1 Å². The van der Waals surface area contributed by atoms with Crippen LogP contribution in [0, 0.1) is 28.6 Å². The maximum atomic E-state index is 14.1. The summed E-state index contributed by atoms with van der Waals surface area (Å²) in [7, 11) is 0. The van der Waals surface area contributed by atoms with Crippen molar-refractivity contribution >= 4 is 47.3 Å². The third-order valence-electron chi connectivity index (χ3n) is 18.5. The van der Waals surface area contributed by atoms with E-state index in [9.17, 15) is 44.1 Å². The van der Waals surface area contributed by atoms with Gasteiger partial charge in [-0.25, -0.2) is 9.59 Å². The van der Waals surface area contributed by atoms with Crippen molar-refractivity contribution in [1.82, 2.24) is 21.3 Å². The number of carbonyl (C=O) groups excluding carboxylic acids is 6. The highest BCUT2D eigenvalue weighted by Gasteiger charge is 2.85. The van der Waals surface area contributed by atoms with Gasteiger partial charge in [0.15, 0.2) is 11.9 Å². The van der Waals surface area contributed by atoms with E-state index < -0.39 is 69.5 Å². The normalized spacial score (nSPS) is 39.6. The third-order valence-corrected chi connectivity index (χ3v) is 20.1. The molecule has 0 aromatic carbocycles. The first kappa shape index (κ1) is 50.9. The van der Waals surface area contributed by atoms with Crippen LogP contribution >= 0.6 is 11.8 Å². The zero-order valence-corrected chi connectivity index (χ0v) is 41.6. The Hall–Kier alpha value is -3.51. The fourth-order valence-electron chi connectivity index (χ4n) is 14.0. The number of unbranched alkanes of at least 4 members (excludes halogenated alkanes) is 5. The van der Waals surface area contributed by atoms with Crippen molar-refractivity contribution in [2.24, 2.45) is 28.6 Å². The van der Waals surface area contributed by atoms with Crippen molar-refractivity contribution < 1.29 is 58.3 Å². The molecule has 0 aromatic rings. The minimum Gasteiger partial charge on any atom is -0.455 e. The number of esters is 1. The number of nitrogens with one attached hydrogen (secondary N) is 4. The second kappa shape index (κ2) is 19.6. The molecule has 378 valence electrons. The number of fused-ring (bicyclic) bond motifs is 5. The van der Waals surface area contributed by atoms with E-state index >= 15 is 0 Å². The van der Waals surface area contributed by atoms with Crippen LogP contribution in [-0.4, -0.2) is 128 Å². The van der Waals surface area contributed by atoms with Gasteiger partial charge in [-0.1, -0.05) is 25.3 Å². The van der Waals surface area contributed by atoms with Crippen molar-refractivity contribution in [3.63, 3.8) is 0 Å². The van der Waals surface area contributed by atoms with Crippen LogP contribution in [0.4, 0.5) is 4.79 Å². The summed E-state index contributed by atoms with van der Waals surface area (Å²) in [6, 6.07) is 0.306. The van der Waals surface area contributed by atoms with Gasteiger partial charge >= 0.3 is 12.1 Å². The van der Waals surface area contributed by atoms with E-state index in [4.69, 9.17) is 14.2 Å². The standard InChI is InChI=1S/C51H76N4O12S/c1-30-26-38(65-44(60)31(30)2)48(5,62)50(64)22-21-49(63)34-28-39-51(67-39)37(18-17-36(56)47(51,4)33(34)19-20-46(49,50)3)66-45(61)54-25-13-7-12-24-53-40(57)15-8-6-11-23-52-41(58)16-10-9-14-35-43-32(29-68-35)27-42(59)55-43/h17-18,32-35,37-39,43,62-64H,6-16,19-29H2,1-5H3,(H,52,58)(H,53,57)(H,54,61)(H,55,59)/t32?,33-,34+,35?,37-,38+,39+,43?,46-,47-,48-,49+,50-,51+/m0/s1. The van der Waals surface area contributed by atoms with Gasteiger partial charge in [0, 0.05) is 67.6 Å². The number of rotatable bonds is 20. The lowest BCUT2D eigenvalue weighted by Crippen LogP contribution is -2.73. The minimum atomic E-state index is -1.88. The van der Waals surface area contributed by atoms with Gasteiger partial charge in [-0.2, -0.15) is 11.8 Å². The first-order chi connectivity index (χ1) is 32.2. The quantitative estimate of drug-likeness (QED) is 0.0502. The Morgan fingerprint density at radius 3 is 2.24 bits per heavy atom. The van der Waals surface area contributed by atoms with Crippen LogP contribution in [0.2, 0.25) is 0 Å². The number of aliphatic hydroxyl groups is 3. The summed E-state index contributed by atoms with van der Waals surface area (Å²) in [6.07, 6.45) is 10.9. The summed E-state index contributed by atoms with van der Waals surface area (Å²) < 4.78 is 18.2. The Bertz CT molecular complexity index is 2060. The fourth-order valence-corrected chi connectivity index (χ4v) is 15.7. The Balaban J connectivity index is 0.710. The monoisotopic (exact) mass is 969 g/mol. The molecule has 17 heteroatoms. The molecular weight excluding hydrogens is 893 g/mol. The molecule has 4 aliphatic heterocycles. The van der Waals surface area contributed by atoms with E-state index in [0.29, 0.717) is 87.4 Å². The van der Waals surface area contributed by atoms with Gasteiger partial charge in [-0.3, -0.25) is 19.2 Å². The lowest BCUT2D eigenvalue weighted by Gasteiger charge is -2.63. The van der Waals surface area contributed by atoms with Crippen LogP contribution in [-0.2, 0) is 38.2 Å². The highest BCUT2D eigenvalue weighted by molar-refractivity contribution is 8.00. The highest BCUT2D eigenvalue weighted by atomic mass is 32.2. The highest BCUT2D eigenvalue weighted by Crippen LogP contribution is 2.75. The smallest absolute Gasteiger partial charge is 0.407 e. The minimum absolute atomic E-state index is 0.000431. The van der Waals surface area contributed by atoms with Gasteiger partial charge in [0.1, 0.15) is 22.9 Å². The predicted molar refractivity (Wildman–Crippen MR) is 253 cm³/mol. The van der Waals surface area contributed by atoms with Gasteiger partial charge in [-0.05, 0) is 140 Å². The maximum absolute atomic E-state index is 14.1. The van der Waals surface area contributed by atoms with Gasteiger partial charge < -0.3 is 50.8 Å². The molecule has 3 saturated heterocycles. The molecule has 8 aliphatic rings. The number of hydrogen-bond donors (Lipinski definition) is 7. The SMILES string of the molecule is CC1=C(C)C(=O)O[C@@H]([C@](C)(O)[C@]2(O)CC[C@@]3(O)[C@@H]4C[C@H]5O[C@]56[C@@H](OC(=O)NCCCCCNC(=O)CCCCCNC(=O)CCCCC5SCC7CC(=O)NC75)C=CC(=O)[C@]6(C)[C@H]4CC[C@]23C)C1. The summed E-state index contributed by atoms with van der Waals surface area (Å²) in [5.41, 5.74) is -7.33. The molecule has 14 atom stereocenters. The molecule has 4 heterocycles. The fraction of sp³-hybridized carbons (Fsp3) is 0.804. The van der Waals surface area contributed by atoms with Crippen LogP contribution < -0.4 is 21.3 Å². The molecule has 0 radical (unpaired) electrons. The number of alkyl carbamates (subject to hydrolysis) is 1. The van der Waals surface area contributed by atoms with Crippen molar-refractivity contribution in [2.75, 3.05) is 25.4 Å². The average molecular weight is 969 g/mol. The molecule has 68 heavy (non-hydrogen) atoms. The number of hydrogen-bond acceptors (Lipinski definition) is 13. The lowest BCUT2D eigenvalue weighted by molar-refractivity contribution is -0.283. The molecule has 4 aliphatic carbocycles. The molecule has 3 unspecified atom stereocenters. The average Bonchev–Trinajstić information content (AvgIpc) is 3.65. The topological polar surface area (TPSA) is 242 Å². The molecule has 4 amide bonds. The van der Waals surface area contributed by atoms with Crippen LogP contribution in [0.1, 0.15) is 150 Å². The second-order valence-corrected chi connectivity index (χ2v) is 23.4. The maximum Gasteiger partial charge on any atom is 0.407 e. The van der Waals surface area contributed by atoms with E-state index in [-0.39, 0.29) is 48.7 Å². The van der Waals surface area contributed by atoms with Gasteiger partial charge in [-0.15, -0.1) is 0 Å². The molecule has 1 spiro atoms. The van der Waals surface area contributed by atoms with Crippen LogP contribution in [0.3, 0.4) is 0 Å². The molecule has 0 aromatic heterocycles. The van der Waals surface area contributed by atoms with Crippen LogP contribution in [0.15, 0.2) is 23.3 Å². The van der Waals surface area contributed by atoms with Gasteiger partial charge in [0.25, 0.3) is 0 Å². The summed E-state index contributed by atoms with van der Waals surface area (Å²) in [4.78, 5) is 76.3. The number of cyclic esters (lactones) is 1. The number of ketones is 1. The van der Waals surface area contributed by atoms with Crippen molar-refractivity contribution in [2.45, 2.75) is 202 Å². The lowest BCUT2D eigenvalue weighted by atomic mass is 9.42. The molecule has 3 saturated carbocycles. The Labute approximate surface area is 405 Å². The predicted octanol–water partition coefficient (Wildman–Crippen LogP) is 4.60. The second-order valence-electron chi connectivity index (χ2n) is 22.1. The van der Waals surface area contributed by atoms with Crippen LogP contribution in [0.5, 0.6) is 0 Å². The summed E-state index contributed by atoms with van der Waals surface area (Å²) in [5.74, 6) is 0.250. The Kier molecular flexibility index (Phi) is 14.7. The molecule has 7 N–H and O–H groups in total. The Morgan fingerprint density at radius 1 is 0.882 bits per heavy atom. The molecule has 8 rings (SSSR count). The number of epoxide rings is 1. The molecule has 6 fully saturated rings. The molecule has 16 nitrogen and oxygen atoms in total. The summed E-state index contributed by atoms with van der Waals surface area (Å²) in [5, 5.41) is 50.1. The number of thioether (sulfide) groups is 1. The summed E-state index contributed by atoms with van der Waals surface area (Å²) >= 11 is 1.95. The van der Waals surface area contributed by atoms with Crippen molar-refractivity contribution in [3.8, 4) is 0 Å². The van der Waals surface area contributed by atoms with Crippen molar-refractivity contribution in [3.05, 3.63) is 23.3 Å². The molecular formula is C51H76N4O12S. The molecule has 0 bridgehead atoms. The van der Waals surface area contributed by atoms with E-state index in [1.807, 2.05) is 32.5 Å².